The predicted molar refractivity (Wildman–Crippen MR) is 128 cm³/mol. The van der Waals surface area contributed by atoms with Crippen LogP contribution in [0, 0.1) is 11.8 Å². The minimum absolute atomic E-state index is 0.0454. The highest BCUT2D eigenvalue weighted by molar-refractivity contribution is 6.34. The largest absolute Gasteiger partial charge is 0.466 e. The molecule has 2 aliphatic carbocycles. The van der Waals surface area contributed by atoms with Crippen molar-refractivity contribution in [2.75, 3.05) is 13.2 Å². The van der Waals surface area contributed by atoms with Gasteiger partial charge < -0.3 is 9.47 Å². The topological polar surface area (TPSA) is 52.6 Å². The van der Waals surface area contributed by atoms with E-state index in [2.05, 4.69) is 0 Å². The highest BCUT2D eigenvalue weighted by atomic mass is 35.5. The molecule has 0 amide bonds. The number of ether oxygens (including phenoxy) is 2. The maximum atomic E-state index is 11.5. The molecule has 0 spiro atoms. The van der Waals surface area contributed by atoms with Crippen molar-refractivity contribution >= 4 is 58.3 Å². The van der Waals surface area contributed by atoms with Gasteiger partial charge in [0.15, 0.2) is 0 Å². The Kier molecular flexibility index (Phi) is 8.74. The fraction of sp³-hybridized carbons (Fsp3) is 0.417. The average molecular weight is 518 g/mol. The molecule has 0 aliphatic heterocycles. The molecule has 32 heavy (non-hydrogen) atoms. The van der Waals surface area contributed by atoms with Crippen LogP contribution in [0.5, 0.6) is 0 Å². The van der Waals surface area contributed by atoms with Crippen molar-refractivity contribution in [1.82, 2.24) is 0 Å². The van der Waals surface area contributed by atoms with Crippen LogP contribution >= 0.6 is 46.4 Å². The van der Waals surface area contributed by atoms with Crippen molar-refractivity contribution in [3.63, 3.8) is 0 Å². The minimum Gasteiger partial charge on any atom is -0.466 e. The Bertz CT molecular complexity index is 914. The monoisotopic (exact) mass is 516 g/mol. The lowest BCUT2D eigenvalue weighted by Crippen LogP contribution is -2.07. The predicted octanol–water partition coefficient (Wildman–Crippen LogP) is 7.32. The first-order chi connectivity index (χ1) is 15.3. The Morgan fingerprint density at radius 1 is 0.750 bits per heavy atom. The summed E-state index contributed by atoms with van der Waals surface area (Å²) < 4.78 is 9.95. The van der Waals surface area contributed by atoms with Crippen LogP contribution in [-0.4, -0.2) is 25.2 Å². The molecular formula is C24H24Cl4O4. The van der Waals surface area contributed by atoms with Crippen LogP contribution in [0.2, 0.25) is 20.1 Å². The highest BCUT2D eigenvalue weighted by Gasteiger charge is 2.46. The number of carbonyl (C=O) groups is 2. The van der Waals surface area contributed by atoms with E-state index in [1.54, 1.807) is 24.3 Å². The number of benzene rings is 2. The van der Waals surface area contributed by atoms with Gasteiger partial charge in [-0.05, 0) is 86.1 Å². The van der Waals surface area contributed by atoms with Crippen LogP contribution < -0.4 is 0 Å². The molecule has 172 valence electrons. The molecule has 0 heterocycles. The molecule has 8 heteroatoms. The van der Waals surface area contributed by atoms with Crippen LogP contribution in [0.3, 0.4) is 0 Å². The number of carbonyl (C=O) groups excluding carboxylic acids is 2. The fourth-order valence-corrected chi connectivity index (χ4v) is 4.57. The number of halogens is 4. The maximum Gasteiger partial charge on any atom is 0.309 e. The number of hydrogen-bond acceptors (Lipinski definition) is 4. The van der Waals surface area contributed by atoms with Crippen LogP contribution in [0.4, 0.5) is 0 Å². The SMILES string of the molecule is CCOC(=O)C1CC1c1cc(Cl)ccc1Cl.CCOC(=O)C1CC1c1cc(Cl)ccc1Cl. The molecule has 4 atom stereocenters. The quantitative estimate of drug-likeness (QED) is 0.376. The number of hydrogen-bond donors (Lipinski definition) is 0. The summed E-state index contributed by atoms with van der Waals surface area (Å²) in [5.41, 5.74) is 1.90. The molecule has 4 unspecified atom stereocenters. The molecule has 2 aromatic carbocycles. The summed E-state index contributed by atoms with van der Waals surface area (Å²) in [5.74, 6) is -0.0191. The molecule has 0 bridgehead atoms. The molecule has 2 aromatic rings. The average Bonchev–Trinajstić information content (AvgIpc) is 3.66. The Morgan fingerprint density at radius 2 is 1.12 bits per heavy atom. The van der Waals surface area contributed by atoms with Crippen molar-refractivity contribution in [1.29, 1.82) is 0 Å². The lowest BCUT2D eigenvalue weighted by molar-refractivity contribution is -0.145. The summed E-state index contributed by atoms with van der Waals surface area (Å²) >= 11 is 23.9. The van der Waals surface area contributed by atoms with Crippen molar-refractivity contribution in [3.05, 3.63) is 67.6 Å². The standard InChI is InChI=1S/2C12H12Cl2O2/c2*1-2-16-12(15)10-6-8(10)9-5-7(13)3-4-11(9)14/h2*3-5,8,10H,2,6H2,1H3. The lowest BCUT2D eigenvalue weighted by Gasteiger charge is -2.04. The first kappa shape index (κ1) is 25.2. The van der Waals surface area contributed by atoms with Gasteiger partial charge in [0.05, 0.1) is 25.0 Å². The van der Waals surface area contributed by atoms with Gasteiger partial charge in [-0.3, -0.25) is 9.59 Å². The zero-order valence-corrected chi connectivity index (χ0v) is 20.8. The molecule has 4 rings (SSSR count). The molecule has 2 aliphatic rings. The van der Waals surface area contributed by atoms with Gasteiger partial charge in [0.1, 0.15) is 0 Å². The molecule has 4 nitrogen and oxygen atoms in total. The smallest absolute Gasteiger partial charge is 0.309 e. The molecule has 0 saturated heterocycles. The second-order valence-corrected chi connectivity index (χ2v) is 9.42. The van der Waals surface area contributed by atoms with E-state index in [-0.39, 0.29) is 35.6 Å². The first-order valence-corrected chi connectivity index (χ1v) is 12.0. The van der Waals surface area contributed by atoms with E-state index in [0.29, 0.717) is 33.3 Å². The minimum atomic E-state index is -0.136. The highest BCUT2D eigenvalue weighted by Crippen LogP contribution is 2.51. The Labute approximate surface area is 208 Å². The van der Waals surface area contributed by atoms with E-state index in [1.165, 1.54) is 0 Å². The van der Waals surface area contributed by atoms with Crippen molar-refractivity contribution in [2.24, 2.45) is 11.8 Å². The van der Waals surface area contributed by atoms with E-state index in [0.717, 1.165) is 24.0 Å². The van der Waals surface area contributed by atoms with E-state index in [1.807, 2.05) is 26.0 Å². The van der Waals surface area contributed by atoms with E-state index in [4.69, 9.17) is 55.9 Å². The molecule has 2 saturated carbocycles. The fourth-order valence-electron chi connectivity index (χ4n) is 3.69. The summed E-state index contributed by atoms with van der Waals surface area (Å²) in [4.78, 5) is 23.0. The Balaban J connectivity index is 0.000000181. The summed E-state index contributed by atoms with van der Waals surface area (Å²) in [6.07, 6.45) is 1.61. The Hall–Kier alpha value is -1.46. The van der Waals surface area contributed by atoms with Gasteiger partial charge in [-0.1, -0.05) is 46.4 Å². The van der Waals surface area contributed by atoms with Crippen molar-refractivity contribution < 1.29 is 19.1 Å². The second-order valence-electron chi connectivity index (χ2n) is 7.73. The molecule has 0 aromatic heterocycles. The zero-order valence-electron chi connectivity index (χ0n) is 17.7. The molecule has 0 radical (unpaired) electrons. The van der Waals surface area contributed by atoms with E-state index < -0.39 is 0 Å². The summed E-state index contributed by atoms with van der Waals surface area (Å²) in [6, 6.07) is 10.7. The van der Waals surface area contributed by atoms with Gasteiger partial charge in [-0.2, -0.15) is 0 Å². The van der Waals surface area contributed by atoms with E-state index in [9.17, 15) is 9.59 Å². The second kappa shape index (κ2) is 11.1. The zero-order chi connectivity index (χ0) is 23.4. The van der Waals surface area contributed by atoms with Gasteiger partial charge in [-0.15, -0.1) is 0 Å². The maximum absolute atomic E-state index is 11.5. The number of rotatable bonds is 6. The summed E-state index contributed by atoms with van der Waals surface area (Å²) in [5, 5.41) is 2.63. The van der Waals surface area contributed by atoms with E-state index >= 15 is 0 Å². The van der Waals surface area contributed by atoms with Gasteiger partial charge in [0, 0.05) is 20.1 Å². The molecule has 0 N–H and O–H groups in total. The van der Waals surface area contributed by atoms with Gasteiger partial charge in [-0.25, -0.2) is 0 Å². The Morgan fingerprint density at radius 3 is 1.47 bits per heavy atom. The van der Waals surface area contributed by atoms with Crippen molar-refractivity contribution in [3.8, 4) is 0 Å². The van der Waals surface area contributed by atoms with Crippen LogP contribution in [0.1, 0.15) is 49.7 Å². The van der Waals surface area contributed by atoms with Crippen LogP contribution in [0.15, 0.2) is 36.4 Å². The summed E-state index contributed by atoms with van der Waals surface area (Å²) in [7, 11) is 0. The normalized spacial score (nSPS) is 22.9. The number of esters is 2. The third kappa shape index (κ3) is 6.32. The van der Waals surface area contributed by atoms with Gasteiger partial charge in [0.2, 0.25) is 0 Å². The van der Waals surface area contributed by atoms with Crippen LogP contribution in [0.25, 0.3) is 0 Å². The third-order valence-electron chi connectivity index (χ3n) is 5.47. The lowest BCUT2D eigenvalue weighted by atomic mass is 10.1. The molecular weight excluding hydrogens is 494 g/mol. The van der Waals surface area contributed by atoms with Gasteiger partial charge in [0.25, 0.3) is 0 Å². The molecule has 2 fully saturated rings. The first-order valence-electron chi connectivity index (χ1n) is 10.5. The van der Waals surface area contributed by atoms with Crippen molar-refractivity contribution in [2.45, 2.75) is 38.5 Å². The summed E-state index contributed by atoms with van der Waals surface area (Å²) in [6.45, 7) is 4.46. The third-order valence-corrected chi connectivity index (χ3v) is 6.63. The van der Waals surface area contributed by atoms with Crippen LogP contribution in [-0.2, 0) is 19.1 Å². The van der Waals surface area contributed by atoms with Gasteiger partial charge >= 0.3 is 11.9 Å².